The van der Waals surface area contributed by atoms with E-state index in [9.17, 15) is 4.79 Å². The highest BCUT2D eigenvalue weighted by Crippen LogP contribution is 2.28. The molecule has 5 rings (SSSR count). The number of benzene rings is 2. The van der Waals surface area contributed by atoms with Gasteiger partial charge in [-0.1, -0.05) is 43.3 Å². The number of tetrazole rings is 1. The number of fused-ring (bicyclic) bond motifs is 1. The molecular formula is C29H32N6OS. The van der Waals surface area contributed by atoms with Gasteiger partial charge in [0.15, 0.2) is 5.82 Å². The van der Waals surface area contributed by atoms with Crippen LogP contribution in [0.5, 0.6) is 0 Å². The Hall–Kier alpha value is -3.62. The molecule has 5 aromatic rings. The van der Waals surface area contributed by atoms with Crippen LogP contribution in [0.15, 0.2) is 70.8 Å². The largest absolute Gasteiger partial charge is 0.322 e. The van der Waals surface area contributed by atoms with Crippen LogP contribution in [0.2, 0.25) is 0 Å². The van der Waals surface area contributed by atoms with Gasteiger partial charge in [0.25, 0.3) is 5.56 Å². The molecule has 7 nitrogen and oxygen atoms in total. The number of nitrogens with one attached hydrogen (secondary N) is 1. The van der Waals surface area contributed by atoms with E-state index in [1.165, 1.54) is 21.6 Å². The average molecular weight is 513 g/mol. The monoisotopic (exact) mass is 512 g/mol. The van der Waals surface area contributed by atoms with Crippen LogP contribution in [0.3, 0.4) is 0 Å². The Morgan fingerprint density at radius 2 is 1.84 bits per heavy atom. The van der Waals surface area contributed by atoms with E-state index in [0.29, 0.717) is 19.6 Å². The molecule has 0 unspecified atom stereocenters. The lowest BCUT2D eigenvalue weighted by Crippen LogP contribution is -2.32. The lowest BCUT2D eigenvalue weighted by Gasteiger charge is -2.30. The van der Waals surface area contributed by atoms with E-state index < -0.39 is 0 Å². The average Bonchev–Trinajstić information content (AvgIpc) is 3.58. The van der Waals surface area contributed by atoms with Crippen molar-refractivity contribution in [1.82, 2.24) is 30.1 Å². The highest BCUT2D eigenvalue weighted by molar-refractivity contribution is 7.09. The molecule has 0 radical (unpaired) electrons. The Bertz CT molecular complexity index is 1520. The number of aromatic nitrogens is 5. The summed E-state index contributed by atoms with van der Waals surface area (Å²) in [5, 5.41) is 16.0. The predicted octanol–water partition coefficient (Wildman–Crippen LogP) is 5.59. The number of nitrogens with zero attached hydrogens (tertiary/aromatic N) is 5. The van der Waals surface area contributed by atoms with Crippen molar-refractivity contribution in [2.24, 2.45) is 0 Å². The molecule has 3 heterocycles. The smallest absolute Gasteiger partial charge is 0.252 e. The number of rotatable bonds is 10. The molecule has 0 saturated heterocycles. The van der Waals surface area contributed by atoms with E-state index in [2.05, 4.69) is 100 Å². The fraction of sp³-hybridized carbons (Fsp3) is 0.310. The first-order chi connectivity index (χ1) is 18.0. The summed E-state index contributed by atoms with van der Waals surface area (Å²) in [6, 6.07) is 20.8. The quantitative estimate of drug-likeness (QED) is 0.264. The minimum Gasteiger partial charge on any atom is -0.322 e. The van der Waals surface area contributed by atoms with E-state index >= 15 is 0 Å². The summed E-state index contributed by atoms with van der Waals surface area (Å²) in [6.07, 6.45) is 1.67. The number of aryl methyl sites for hydroxylation is 4. The van der Waals surface area contributed by atoms with Crippen molar-refractivity contribution >= 4 is 22.2 Å². The minimum absolute atomic E-state index is 0.0391. The maximum atomic E-state index is 13.2. The lowest BCUT2D eigenvalue weighted by molar-refractivity contribution is 0.162. The first-order valence-corrected chi connectivity index (χ1v) is 13.6. The molecule has 0 saturated carbocycles. The molecule has 2 aromatic carbocycles. The first kappa shape index (κ1) is 25.0. The number of hydrogen-bond acceptors (Lipinski definition) is 6. The molecule has 8 heteroatoms. The Labute approximate surface area is 220 Å². The third-order valence-electron chi connectivity index (χ3n) is 6.99. The van der Waals surface area contributed by atoms with E-state index in [4.69, 9.17) is 0 Å². The van der Waals surface area contributed by atoms with Crippen molar-refractivity contribution in [1.29, 1.82) is 0 Å². The molecule has 0 aliphatic carbocycles. The van der Waals surface area contributed by atoms with Gasteiger partial charge in [-0.3, -0.25) is 9.69 Å². The zero-order chi connectivity index (χ0) is 25.8. The van der Waals surface area contributed by atoms with Gasteiger partial charge in [0.05, 0.1) is 6.04 Å². The number of hydrogen-bond donors (Lipinski definition) is 1. The van der Waals surface area contributed by atoms with Gasteiger partial charge in [-0.05, 0) is 88.8 Å². The van der Waals surface area contributed by atoms with Crippen LogP contribution >= 0.6 is 11.3 Å². The van der Waals surface area contributed by atoms with Crippen LogP contribution in [0.25, 0.3) is 10.9 Å². The molecule has 0 aliphatic heterocycles. The van der Waals surface area contributed by atoms with Gasteiger partial charge >= 0.3 is 0 Å². The van der Waals surface area contributed by atoms with Gasteiger partial charge in [0, 0.05) is 35.6 Å². The Morgan fingerprint density at radius 3 is 2.59 bits per heavy atom. The highest BCUT2D eigenvalue weighted by Gasteiger charge is 2.26. The number of aromatic amines is 1. The van der Waals surface area contributed by atoms with Crippen molar-refractivity contribution in [2.45, 2.75) is 59.3 Å². The maximum Gasteiger partial charge on any atom is 0.252 e. The highest BCUT2D eigenvalue weighted by atomic mass is 32.1. The Kier molecular flexibility index (Phi) is 7.58. The maximum absolute atomic E-state index is 13.2. The van der Waals surface area contributed by atoms with Gasteiger partial charge in [-0.25, -0.2) is 4.68 Å². The number of H-pyrrole nitrogens is 1. The van der Waals surface area contributed by atoms with Crippen LogP contribution in [0.4, 0.5) is 0 Å². The molecule has 0 spiro atoms. The van der Waals surface area contributed by atoms with Gasteiger partial charge in [-0.2, -0.15) is 0 Å². The predicted molar refractivity (Wildman–Crippen MR) is 149 cm³/mol. The van der Waals surface area contributed by atoms with Crippen LogP contribution in [-0.2, 0) is 26.1 Å². The van der Waals surface area contributed by atoms with Crippen LogP contribution in [0.1, 0.15) is 52.3 Å². The summed E-state index contributed by atoms with van der Waals surface area (Å²) >= 11 is 1.72. The van der Waals surface area contributed by atoms with Crippen LogP contribution < -0.4 is 5.56 Å². The molecule has 0 bridgehead atoms. The normalized spacial score (nSPS) is 12.4. The van der Waals surface area contributed by atoms with E-state index in [1.807, 2.05) is 16.8 Å². The van der Waals surface area contributed by atoms with Gasteiger partial charge in [0.1, 0.15) is 0 Å². The molecule has 1 N–H and O–H groups in total. The minimum atomic E-state index is -0.0505. The van der Waals surface area contributed by atoms with Crippen molar-refractivity contribution in [2.75, 3.05) is 0 Å². The summed E-state index contributed by atoms with van der Waals surface area (Å²) in [5.41, 5.74) is 5.20. The second-order valence-electron chi connectivity index (χ2n) is 9.55. The van der Waals surface area contributed by atoms with Gasteiger partial charge in [-0.15, -0.1) is 16.4 Å². The van der Waals surface area contributed by atoms with Gasteiger partial charge in [0.2, 0.25) is 0 Å². The summed E-state index contributed by atoms with van der Waals surface area (Å²) in [4.78, 5) is 19.8. The fourth-order valence-corrected chi connectivity index (χ4v) is 5.56. The zero-order valence-corrected chi connectivity index (χ0v) is 22.3. The van der Waals surface area contributed by atoms with Crippen LogP contribution in [-0.4, -0.2) is 30.1 Å². The topological polar surface area (TPSA) is 79.7 Å². The molecule has 37 heavy (non-hydrogen) atoms. The van der Waals surface area contributed by atoms with E-state index in [-0.39, 0.29) is 11.6 Å². The third kappa shape index (κ3) is 5.70. The van der Waals surface area contributed by atoms with Crippen molar-refractivity contribution in [3.63, 3.8) is 0 Å². The van der Waals surface area contributed by atoms with Crippen LogP contribution in [0, 0.1) is 13.8 Å². The molecule has 3 aromatic heterocycles. The molecule has 0 amide bonds. The standard InChI is InChI=1S/C29H32N6OS/c1-4-27(28-31-32-33-35(28)13-12-22-9-6-5-7-10-22)34(19-25-11-8-14-37-25)18-24-17-23-15-20(2)21(3)16-26(23)30-29(24)36/h5-11,14-17,27H,4,12-13,18-19H2,1-3H3,(H,30,36)/t27-/m0/s1. The molecule has 1 atom stereocenters. The summed E-state index contributed by atoms with van der Waals surface area (Å²) in [6.45, 7) is 8.23. The summed E-state index contributed by atoms with van der Waals surface area (Å²) < 4.78 is 1.92. The third-order valence-corrected chi connectivity index (χ3v) is 7.85. The molecule has 0 fully saturated rings. The Morgan fingerprint density at radius 1 is 1.03 bits per heavy atom. The SMILES string of the molecule is CC[C@@H](c1nnnn1CCc1ccccc1)N(Cc1cccs1)Cc1cc2cc(C)c(C)cc2[nH]c1=O. The fourth-order valence-electron chi connectivity index (χ4n) is 4.83. The van der Waals surface area contributed by atoms with Crippen molar-refractivity contribution in [3.05, 3.63) is 109 Å². The molecular weight excluding hydrogens is 480 g/mol. The lowest BCUT2D eigenvalue weighted by atomic mass is 10.0. The second-order valence-corrected chi connectivity index (χ2v) is 10.6. The van der Waals surface area contributed by atoms with Crippen molar-refractivity contribution in [3.8, 4) is 0 Å². The summed E-state index contributed by atoms with van der Waals surface area (Å²) in [7, 11) is 0. The Balaban J connectivity index is 1.47. The zero-order valence-electron chi connectivity index (χ0n) is 21.5. The number of thiophene rings is 1. The van der Waals surface area contributed by atoms with Crippen molar-refractivity contribution < 1.29 is 0 Å². The second kappa shape index (κ2) is 11.2. The van der Waals surface area contributed by atoms with E-state index in [1.54, 1.807) is 11.3 Å². The first-order valence-electron chi connectivity index (χ1n) is 12.7. The number of pyridine rings is 1. The van der Waals surface area contributed by atoms with E-state index in [0.717, 1.165) is 35.1 Å². The molecule has 190 valence electrons. The van der Waals surface area contributed by atoms with Gasteiger partial charge < -0.3 is 4.98 Å². The molecule has 0 aliphatic rings. The summed E-state index contributed by atoms with van der Waals surface area (Å²) in [5.74, 6) is 0.832.